The lowest BCUT2D eigenvalue weighted by atomic mass is 9.76. The number of β-amino-alcohol motifs (C(OH)–C–C–N with tert-alkyl or cyclic N) is 2. The summed E-state index contributed by atoms with van der Waals surface area (Å²) < 4.78 is 60.8. The highest BCUT2D eigenvalue weighted by atomic mass is 35.5. The summed E-state index contributed by atoms with van der Waals surface area (Å²) in [5.41, 5.74) is 5.00. The number of amides is 4. The van der Waals surface area contributed by atoms with Crippen LogP contribution < -0.4 is 35.7 Å². The van der Waals surface area contributed by atoms with Gasteiger partial charge in [0.1, 0.15) is 16.8 Å². The van der Waals surface area contributed by atoms with Gasteiger partial charge in [-0.15, -0.1) is 0 Å². The fourth-order valence-corrected chi connectivity index (χ4v) is 10.7. The summed E-state index contributed by atoms with van der Waals surface area (Å²) >= 11 is 6.03. The van der Waals surface area contributed by atoms with Gasteiger partial charge in [0.25, 0.3) is 0 Å². The van der Waals surface area contributed by atoms with Crippen LogP contribution in [0.3, 0.4) is 0 Å². The largest absolute Gasteiger partial charge is 0.495 e. The number of likely N-dealkylation sites (tertiary alicyclic amines) is 2. The molecule has 11 rings (SSSR count). The number of halogens is 4. The van der Waals surface area contributed by atoms with Crippen LogP contribution in [-0.4, -0.2) is 194 Å². The third-order valence-electron chi connectivity index (χ3n) is 16.4. The molecule has 9 heterocycles. The van der Waals surface area contributed by atoms with Gasteiger partial charge in [0, 0.05) is 114 Å². The molecule has 20 nitrogen and oxygen atoms in total. The molecular weight excluding hydrogens is 1140 g/mol. The molecule has 7 aliphatic rings. The molecular formula is C56H81BClF3N12O8S2. The Morgan fingerprint density at radius 2 is 1.12 bits per heavy atom. The number of nitrogens with one attached hydrogen (secondary N) is 2. The third-order valence-corrected chi connectivity index (χ3v) is 16.6. The van der Waals surface area contributed by atoms with Crippen molar-refractivity contribution in [1.29, 1.82) is 0 Å². The summed E-state index contributed by atoms with van der Waals surface area (Å²) in [6, 6.07) is 14.8. The van der Waals surface area contributed by atoms with Crippen LogP contribution in [0.5, 0.6) is 0 Å². The molecule has 456 valence electrons. The van der Waals surface area contributed by atoms with Gasteiger partial charge in [-0.3, -0.25) is 0 Å². The molecule has 0 aliphatic carbocycles. The van der Waals surface area contributed by atoms with Gasteiger partial charge < -0.3 is 69.0 Å². The van der Waals surface area contributed by atoms with Crippen molar-refractivity contribution in [3.63, 3.8) is 0 Å². The van der Waals surface area contributed by atoms with E-state index in [9.17, 15) is 33.0 Å². The highest BCUT2D eigenvalue weighted by molar-refractivity contribution is 7.59. The number of morpholine rings is 2. The van der Waals surface area contributed by atoms with E-state index in [-0.39, 0.29) is 51.8 Å². The highest BCUT2D eigenvalue weighted by Crippen LogP contribution is 2.38. The van der Waals surface area contributed by atoms with Gasteiger partial charge in [0.05, 0.1) is 55.5 Å². The second-order valence-electron chi connectivity index (χ2n) is 23.1. The standard InChI is InChI=1S/C25H34N6O3.C20H28BF3N2O3.C11H15ClN4O2.2H2S/c1-3-18-6-7-30(14-18)25(33)26-19-5-4-17(2)21(12-19)22-13-23(29-8-10-34-11-9-29)28-24(27-22)31-15-20(32)16-31;1-13-6-7-15(10-16(13)21-28-18(2,3)19(4,5)29-21)25-17(27)26-9-8-14(12-26)11-20(22,23)24;12-9-5-10(15-1-3-18-4-2-15)14-11(13-9)16-6-8(17)7-16;;/h4-5,12-13,18,20,32H,3,6-11,14-16H2,1-2H3,(H,26,33);6-7,10,14H,8-9,11-12H2,1-5H3,(H,25,27);5,8,17H,1-4,6-7H2;2*1H2/t18-;14-;;;/m10.../s1. The number of hydrogen-bond donors (Lipinski definition) is 4. The lowest BCUT2D eigenvalue weighted by Crippen LogP contribution is -2.51. The summed E-state index contributed by atoms with van der Waals surface area (Å²) in [5, 5.41) is 25.4. The van der Waals surface area contributed by atoms with Gasteiger partial charge in [0.2, 0.25) is 11.9 Å². The van der Waals surface area contributed by atoms with Crippen molar-refractivity contribution in [2.45, 2.75) is 104 Å². The van der Waals surface area contributed by atoms with Crippen LogP contribution in [-0.2, 0) is 18.8 Å². The summed E-state index contributed by atoms with van der Waals surface area (Å²) in [6.07, 6.45) is -3.13. The summed E-state index contributed by atoms with van der Waals surface area (Å²) in [6.45, 7) is 24.3. The van der Waals surface area contributed by atoms with Gasteiger partial charge in [0.15, 0.2) is 0 Å². The van der Waals surface area contributed by atoms with E-state index in [0.717, 1.165) is 97.3 Å². The van der Waals surface area contributed by atoms with E-state index >= 15 is 0 Å². The molecule has 0 unspecified atom stereocenters. The van der Waals surface area contributed by atoms with Crippen molar-refractivity contribution < 1.29 is 51.8 Å². The first-order valence-corrected chi connectivity index (χ1v) is 28.6. The Bertz CT molecular complexity index is 2830. The van der Waals surface area contributed by atoms with Gasteiger partial charge in [-0.2, -0.15) is 50.1 Å². The van der Waals surface area contributed by atoms with Crippen molar-refractivity contribution in [2.24, 2.45) is 11.8 Å². The first-order chi connectivity index (χ1) is 38.5. The number of hydrogen-bond acceptors (Lipinski definition) is 16. The number of aromatic nitrogens is 4. The predicted octanol–water partition coefficient (Wildman–Crippen LogP) is 7.21. The third kappa shape index (κ3) is 16.7. The maximum absolute atomic E-state index is 12.8. The van der Waals surface area contributed by atoms with Crippen molar-refractivity contribution in [1.82, 2.24) is 29.7 Å². The molecule has 0 bridgehead atoms. The molecule has 2 aromatic carbocycles. The zero-order chi connectivity index (χ0) is 57.8. The van der Waals surface area contributed by atoms with Crippen LogP contribution in [0.25, 0.3) is 11.3 Å². The number of aliphatic hydroxyl groups is 2. The number of rotatable bonds is 10. The molecule has 4 N–H and O–H groups in total. The second-order valence-corrected chi connectivity index (χ2v) is 23.4. The number of anilines is 6. The number of alkyl halides is 3. The van der Waals surface area contributed by atoms with Crippen molar-refractivity contribution in [3.05, 3.63) is 64.8 Å². The first kappa shape index (κ1) is 65.5. The number of aryl methyl sites for hydroxylation is 2. The minimum Gasteiger partial charge on any atom is -0.399 e. The second kappa shape index (κ2) is 28.0. The van der Waals surface area contributed by atoms with E-state index in [1.165, 1.54) is 4.90 Å². The topological polar surface area (TPSA) is 207 Å². The first-order valence-electron chi connectivity index (χ1n) is 28.2. The molecule has 7 fully saturated rings. The van der Waals surface area contributed by atoms with E-state index in [1.54, 1.807) is 18.2 Å². The van der Waals surface area contributed by atoms with Crippen LogP contribution in [0.15, 0.2) is 48.5 Å². The Morgan fingerprint density at radius 1 is 0.651 bits per heavy atom. The normalized spacial score (nSPS) is 21.4. The Kier molecular flexibility index (Phi) is 22.1. The molecule has 2 atom stereocenters. The van der Waals surface area contributed by atoms with Crippen LogP contribution in [0, 0.1) is 25.7 Å². The smallest absolute Gasteiger partial charge is 0.399 e. The van der Waals surface area contributed by atoms with Gasteiger partial charge in [-0.1, -0.05) is 42.6 Å². The lowest BCUT2D eigenvalue weighted by Gasteiger charge is -2.37. The molecule has 83 heavy (non-hydrogen) atoms. The molecule has 0 radical (unpaired) electrons. The van der Waals surface area contributed by atoms with E-state index in [1.807, 2.05) is 79.7 Å². The Labute approximate surface area is 504 Å². The fraction of sp³-hybridized carbons (Fsp3) is 0.607. The number of nitrogens with zero attached hydrogens (tertiary/aromatic N) is 10. The number of carbonyl (C=O) groups is 2. The Hall–Kier alpha value is -5.06. The maximum atomic E-state index is 12.8. The number of benzene rings is 2. The monoisotopic (exact) mass is 1220 g/mol. The van der Waals surface area contributed by atoms with Crippen LogP contribution in [0.1, 0.15) is 71.4 Å². The minimum absolute atomic E-state index is 0. The molecule has 2 aromatic heterocycles. The van der Waals surface area contributed by atoms with E-state index in [2.05, 4.69) is 44.2 Å². The zero-order valence-corrected chi connectivity index (χ0v) is 51.2. The predicted molar refractivity (Wildman–Crippen MR) is 328 cm³/mol. The van der Waals surface area contributed by atoms with Crippen LogP contribution in [0.4, 0.5) is 57.7 Å². The van der Waals surface area contributed by atoms with Crippen LogP contribution >= 0.6 is 38.6 Å². The number of urea groups is 2. The molecule has 0 saturated carbocycles. The minimum atomic E-state index is -4.20. The fourth-order valence-electron chi connectivity index (χ4n) is 10.6. The average Bonchev–Trinajstić information content (AvgIpc) is 4.40. The molecule has 4 amide bonds. The van der Waals surface area contributed by atoms with Gasteiger partial charge in [-0.05, 0) is 102 Å². The van der Waals surface area contributed by atoms with Crippen molar-refractivity contribution >= 4 is 98.1 Å². The van der Waals surface area contributed by atoms with E-state index in [0.29, 0.717) is 94.2 Å². The van der Waals surface area contributed by atoms with Gasteiger partial charge in [-0.25, -0.2) is 19.6 Å². The molecule has 4 aromatic rings. The summed E-state index contributed by atoms with van der Waals surface area (Å²) in [5.74, 6) is 2.96. The lowest BCUT2D eigenvalue weighted by molar-refractivity contribution is -0.143. The number of ether oxygens (including phenoxy) is 2. The molecule has 7 saturated heterocycles. The number of carbonyl (C=O) groups excluding carboxylic acids is 2. The van der Waals surface area contributed by atoms with Crippen molar-refractivity contribution in [2.75, 3.05) is 135 Å². The zero-order valence-electron chi connectivity index (χ0n) is 48.5. The van der Waals surface area contributed by atoms with Crippen molar-refractivity contribution in [3.8, 4) is 11.3 Å². The SMILES string of the molecule is CC[C@@H]1CCN(C(=O)Nc2ccc(C)c(-c3cc(N4CCOCC4)nc(N4CC(O)C4)n3)c2)C1.Cc1ccc(NC(=O)N2CC[C@@H](CC(F)(F)F)C2)cc1B1OC(C)(C)C(C)(C)O1.OC1CN(c2nc(Cl)cc(N3CCOCC3)n2)C1.S.S. The number of aliphatic hydroxyl groups excluding tert-OH is 2. The summed E-state index contributed by atoms with van der Waals surface area (Å²) in [4.78, 5) is 55.3. The molecule has 27 heteroatoms. The van der Waals surface area contributed by atoms with E-state index < -0.39 is 42.9 Å². The molecule has 0 spiro atoms. The summed E-state index contributed by atoms with van der Waals surface area (Å²) in [7, 11) is -0.556. The average molecular weight is 1220 g/mol. The van der Waals surface area contributed by atoms with Crippen LogP contribution in [0.2, 0.25) is 5.15 Å². The van der Waals surface area contributed by atoms with Gasteiger partial charge >= 0.3 is 25.4 Å². The maximum Gasteiger partial charge on any atom is 0.495 e. The highest BCUT2D eigenvalue weighted by Gasteiger charge is 2.52. The van der Waals surface area contributed by atoms with E-state index in [4.69, 9.17) is 40.4 Å². The quantitative estimate of drug-likeness (QED) is 0.0915. The Morgan fingerprint density at radius 3 is 1.61 bits per heavy atom. The molecule has 7 aliphatic heterocycles. The Balaban J connectivity index is 0.000000184.